The van der Waals surface area contributed by atoms with Crippen molar-refractivity contribution >= 4 is 17.7 Å². The minimum atomic E-state index is -0.537. The van der Waals surface area contributed by atoms with Gasteiger partial charge in [-0.25, -0.2) is 4.39 Å². The first-order valence-electron chi connectivity index (χ1n) is 7.97. The van der Waals surface area contributed by atoms with E-state index in [-0.39, 0.29) is 11.7 Å². The minimum absolute atomic E-state index is 0.00552. The topological polar surface area (TPSA) is 29.1 Å². The number of carbonyl (C=O) groups is 1. The Balaban J connectivity index is 2.00. The molecule has 0 aliphatic carbocycles. The molecule has 0 aliphatic rings. The number of thioether (sulfide) groups is 1. The number of benzene rings is 2. The molecule has 128 valence electrons. The summed E-state index contributed by atoms with van der Waals surface area (Å²) in [6.07, 6.45) is 0. The molecule has 0 spiro atoms. The summed E-state index contributed by atoms with van der Waals surface area (Å²) >= 11 is 1.56. The zero-order valence-corrected chi connectivity index (χ0v) is 15.4. The van der Waals surface area contributed by atoms with Crippen LogP contribution in [0.2, 0.25) is 0 Å². The Morgan fingerprint density at radius 2 is 1.58 bits per heavy atom. The van der Waals surface area contributed by atoms with Crippen molar-refractivity contribution in [3.63, 3.8) is 0 Å². The fraction of sp³-hybridized carbons (Fsp3) is 0.350. The van der Waals surface area contributed by atoms with Crippen LogP contribution in [0.4, 0.5) is 4.39 Å². The van der Waals surface area contributed by atoms with Crippen molar-refractivity contribution in [1.82, 2.24) is 5.32 Å². The molecule has 0 bridgehead atoms. The maximum absolute atomic E-state index is 13.0. The van der Waals surface area contributed by atoms with Crippen molar-refractivity contribution < 1.29 is 9.18 Å². The standard InChI is InChI=1S/C20H24FNOS/c1-19(2,14-24-17-12-10-16(21)11-13-17)18(23)22-20(3,4)15-8-6-5-7-9-15/h5-13H,14H2,1-4H3,(H,22,23). The molecule has 2 rings (SSSR count). The van der Waals surface area contributed by atoms with Crippen molar-refractivity contribution in [2.24, 2.45) is 5.41 Å². The van der Waals surface area contributed by atoms with Gasteiger partial charge in [-0.15, -0.1) is 11.8 Å². The first kappa shape index (κ1) is 18.5. The fourth-order valence-corrected chi connectivity index (χ4v) is 3.23. The molecule has 0 saturated heterocycles. The van der Waals surface area contributed by atoms with Gasteiger partial charge >= 0.3 is 0 Å². The third-order valence-electron chi connectivity index (χ3n) is 3.95. The van der Waals surface area contributed by atoms with E-state index in [2.05, 4.69) is 5.32 Å². The van der Waals surface area contributed by atoms with Gasteiger partial charge in [-0.3, -0.25) is 4.79 Å². The molecule has 0 saturated carbocycles. The van der Waals surface area contributed by atoms with Gasteiger partial charge in [0, 0.05) is 10.6 Å². The summed E-state index contributed by atoms with van der Waals surface area (Å²) in [4.78, 5) is 13.7. The number of rotatable bonds is 6. The Labute approximate surface area is 147 Å². The third-order valence-corrected chi connectivity index (χ3v) is 5.42. The molecule has 1 N–H and O–H groups in total. The summed E-state index contributed by atoms with van der Waals surface area (Å²) < 4.78 is 13.0. The van der Waals surface area contributed by atoms with Gasteiger partial charge in [-0.1, -0.05) is 44.2 Å². The van der Waals surface area contributed by atoms with E-state index in [0.717, 1.165) is 10.5 Å². The van der Waals surface area contributed by atoms with E-state index < -0.39 is 11.0 Å². The highest BCUT2D eigenvalue weighted by molar-refractivity contribution is 7.99. The summed E-state index contributed by atoms with van der Waals surface area (Å²) in [6, 6.07) is 16.3. The summed E-state index contributed by atoms with van der Waals surface area (Å²) in [5, 5.41) is 3.15. The predicted molar refractivity (Wildman–Crippen MR) is 98.5 cm³/mol. The molecule has 24 heavy (non-hydrogen) atoms. The zero-order valence-electron chi connectivity index (χ0n) is 14.6. The fourth-order valence-electron chi connectivity index (χ4n) is 2.24. The lowest BCUT2D eigenvalue weighted by Crippen LogP contribution is -2.47. The highest BCUT2D eigenvalue weighted by Crippen LogP contribution is 2.30. The molecule has 0 radical (unpaired) electrons. The Morgan fingerprint density at radius 3 is 2.17 bits per heavy atom. The Hall–Kier alpha value is -1.81. The van der Waals surface area contributed by atoms with E-state index >= 15 is 0 Å². The molecule has 0 heterocycles. The normalized spacial score (nSPS) is 12.0. The second-order valence-electron chi connectivity index (χ2n) is 7.07. The molecule has 0 unspecified atom stereocenters. The molecular formula is C20H24FNOS. The molecule has 2 nitrogen and oxygen atoms in total. The second kappa shape index (κ2) is 7.39. The van der Waals surface area contributed by atoms with Crippen LogP contribution in [-0.2, 0) is 10.3 Å². The average Bonchev–Trinajstić information content (AvgIpc) is 2.55. The Morgan fingerprint density at radius 1 is 1.00 bits per heavy atom. The van der Waals surface area contributed by atoms with Gasteiger partial charge < -0.3 is 5.32 Å². The Bertz CT molecular complexity index is 681. The van der Waals surface area contributed by atoms with E-state index in [0.29, 0.717) is 5.75 Å². The summed E-state index contributed by atoms with van der Waals surface area (Å²) in [5.41, 5.74) is 0.0988. The molecular weight excluding hydrogens is 321 g/mol. The van der Waals surface area contributed by atoms with Crippen LogP contribution in [0.1, 0.15) is 33.3 Å². The van der Waals surface area contributed by atoms with Crippen LogP contribution in [0.3, 0.4) is 0 Å². The average molecular weight is 345 g/mol. The van der Waals surface area contributed by atoms with Gasteiger partial charge in [0.15, 0.2) is 0 Å². The number of hydrogen-bond donors (Lipinski definition) is 1. The number of halogens is 1. The van der Waals surface area contributed by atoms with Gasteiger partial charge in [0.05, 0.1) is 11.0 Å². The Kier molecular flexibility index (Phi) is 5.70. The van der Waals surface area contributed by atoms with Crippen LogP contribution < -0.4 is 5.32 Å². The molecule has 2 aromatic rings. The third kappa shape index (κ3) is 4.84. The lowest BCUT2D eigenvalue weighted by molar-refractivity contribution is -0.130. The van der Waals surface area contributed by atoms with Gasteiger partial charge in [0.1, 0.15) is 5.82 Å². The highest BCUT2D eigenvalue weighted by Gasteiger charge is 2.32. The van der Waals surface area contributed by atoms with Crippen LogP contribution >= 0.6 is 11.8 Å². The molecule has 2 aromatic carbocycles. The van der Waals surface area contributed by atoms with Gasteiger partial charge in [0.25, 0.3) is 0 Å². The zero-order chi connectivity index (χ0) is 17.8. The SMILES string of the molecule is CC(C)(CSc1ccc(F)cc1)C(=O)NC(C)(C)c1ccccc1. The first-order valence-corrected chi connectivity index (χ1v) is 8.96. The largest absolute Gasteiger partial charge is 0.347 e. The van der Waals surface area contributed by atoms with E-state index in [1.807, 2.05) is 58.0 Å². The van der Waals surface area contributed by atoms with Crippen LogP contribution in [0.5, 0.6) is 0 Å². The van der Waals surface area contributed by atoms with E-state index in [9.17, 15) is 9.18 Å². The number of carbonyl (C=O) groups excluding carboxylic acids is 1. The lowest BCUT2D eigenvalue weighted by atomic mass is 9.89. The predicted octanol–water partition coefficient (Wildman–Crippen LogP) is 5.00. The quantitative estimate of drug-likeness (QED) is 0.747. The van der Waals surface area contributed by atoms with Gasteiger partial charge in [-0.05, 0) is 43.7 Å². The monoisotopic (exact) mass is 345 g/mol. The smallest absolute Gasteiger partial charge is 0.227 e. The van der Waals surface area contributed by atoms with Crippen molar-refractivity contribution in [3.8, 4) is 0 Å². The van der Waals surface area contributed by atoms with Crippen molar-refractivity contribution in [1.29, 1.82) is 0 Å². The van der Waals surface area contributed by atoms with Gasteiger partial charge in [-0.2, -0.15) is 0 Å². The second-order valence-corrected chi connectivity index (χ2v) is 8.12. The van der Waals surface area contributed by atoms with Crippen molar-refractivity contribution in [2.75, 3.05) is 5.75 Å². The van der Waals surface area contributed by atoms with Crippen LogP contribution in [0.25, 0.3) is 0 Å². The van der Waals surface area contributed by atoms with Gasteiger partial charge in [0.2, 0.25) is 5.91 Å². The summed E-state index contributed by atoms with van der Waals surface area (Å²) in [7, 11) is 0. The number of nitrogens with one attached hydrogen (secondary N) is 1. The van der Waals surface area contributed by atoms with E-state index in [1.54, 1.807) is 23.9 Å². The minimum Gasteiger partial charge on any atom is -0.347 e. The summed E-state index contributed by atoms with van der Waals surface area (Å²) in [5.74, 6) is 0.377. The maximum atomic E-state index is 13.0. The highest BCUT2D eigenvalue weighted by atomic mass is 32.2. The number of hydrogen-bond acceptors (Lipinski definition) is 2. The lowest BCUT2D eigenvalue weighted by Gasteiger charge is -2.32. The first-order chi connectivity index (χ1) is 11.2. The van der Waals surface area contributed by atoms with Crippen LogP contribution in [0, 0.1) is 11.2 Å². The van der Waals surface area contributed by atoms with Crippen molar-refractivity contribution in [3.05, 3.63) is 66.0 Å². The molecule has 0 aromatic heterocycles. The number of amides is 1. The van der Waals surface area contributed by atoms with E-state index in [1.165, 1.54) is 12.1 Å². The molecule has 1 amide bonds. The molecule has 0 atom stereocenters. The van der Waals surface area contributed by atoms with E-state index in [4.69, 9.17) is 0 Å². The molecule has 0 fully saturated rings. The van der Waals surface area contributed by atoms with Crippen molar-refractivity contribution in [2.45, 2.75) is 38.1 Å². The molecule has 0 aliphatic heterocycles. The summed E-state index contributed by atoms with van der Waals surface area (Å²) in [6.45, 7) is 7.87. The van der Waals surface area contributed by atoms with Crippen LogP contribution in [0.15, 0.2) is 59.5 Å². The van der Waals surface area contributed by atoms with Crippen LogP contribution in [-0.4, -0.2) is 11.7 Å². The maximum Gasteiger partial charge on any atom is 0.227 e. The molecule has 4 heteroatoms.